The second kappa shape index (κ2) is 3.21. The normalized spacial score (nSPS) is 12.9. The largest absolute Gasteiger partial charge is 0.399 e. The molecule has 1 atom stereocenters. The summed E-state index contributed by atoms with van der Waals surface area (Å²) in [6.45, 7) is 0. The van der Waals surface area contributed by atoms with Gasteiger partial charge in [-0.1, -0.05) is 11.6 Å². The Labute approximate surface area is 71.5 Å². The number of benzene rings is 1. The van der Waals surface area contributed by atoms with E-state index in [4.69, 9.17) is 21.9 Å². The van der Waals surface area contributed by atoms with E-state index >= 15 is 0 Å². The topological polar surface area (TPSA) is 63.3 Å². The van der Waals surface area contributed by atoms with Crippen molar-refractivity contribution < 1.29 is 8.76 Å². The van der Waals surface area contributed by atoms with Crippen molar-refractivity contribution in [1.29, 1.82) is 0 Å². The number of anilines is 1. The Bertz CT molecular complexity index is 303. The maximum atomic E-state index is 10.5. The van der Waals surface area contributed by atoms with Gasteiger partial charge in [0, 0.05) is 5.69 Å². The van der Waals surface area contributed by atoms with Gasteiger partial charge in [0.2, 0.25) is 0 Å². The molecule has 0 aliphatic rings. The van der Waals surface area contributed by atoms with Gasteiger partial charge in [0.05, 0.1) is 9.92 Å². The molecule has 0 saturated heterocycles. The van der Waals surface area contributed by atoms with E-state index in [0.29, 0.717) is 5.69 Å². The minimum absolute atomic E-state index is 0.145. The molecule has 0 radical (unpaired) electrons. The van der Waals surface area contributed by atoms with Crippen molar-refractivity contribution in [3.8, 4) is 0 Å². The molecule has 0 bridgehead atoms. The molecule has 60 valence electrons. The number of hydrogen-bond acceptors (Lipinski definition) is 2. The highest BCUT2D eigenvalue weighted by atomic mass is 35.5. The summed E-state index contributed by atoms with van der Waals surface area (Å²) in [4.78, 5) is 0.145. The first-order chi connectivity index (χ1) is 5.11. The monoisotopic (exact) mass is 191 g/mol. The third-order valence-corrected chi connectivity index (χ3v) is 2.30. The van der Waals surface area contributed by atoms with Crippen molar-refractivity contribution in [2.45, 2.75) is 4.90 Å². The molecule has 11 heavy (non-hydrogen) atoms. The Balaban J connectivity index is 3.23. The smallest absolute Gasteiger partial charge is 0.188 e. The van der Waals surface area contributed by atoms with Crippen LogP contribution in [0.25, 0.3) is 0 Å². The molecule has 1 rings (SSSR count). The Kier molecular flexibility index (Phi) is 2.49. The summed E-state index contributed by atoms with van der Waals surface area (Å²) in [5, 5.41) is 0.250. The van der Waals surface area contributed by atoms with E-state index in [9.17, 15) is 4.21 Å². The van der Waals surface area contributed by atoms with Gasteiger partial charge in [-0.3, -0.25) is 0 Å². The van der Waals surface area contributed by atoms with Crippen LogP contribution in [0.2, 0.25) is 5.02 Å². The number of halogens is 1. The quantitative estimate of drug-likeness (QED) is 0.523. The molecular formula is C6H6ClNO2S. The minimum atomic E-state index is -2.06. The Hall–Kier alpha value is -0.580. The molecule has 0 heterocycles. The maximum Gasteiger partial charge on any atom is 0.188 e. The summed E-state index contributed by atoms with van der Waals surface area (Å²) in [5.74, 6) is 0. The first-order valence-electron chi connectivity index (χ1n) is 2.77. The van der Waals surface area contributed by atoms with Crippen LogP contribution in [0.5, 0.6) is 0 Å². The van der Waals surface area contributed by atoms with Crippen LogP contribution in [0.1, 0.15) is 0 Å². The predicted molar refractivity (Wildman–Crippen MR) is 44.9 cm³/mol. The molecular weight excluding hydrogens is 186 g/mol. The third-order valence-electron chi connectivity index (χ3n) is 1.14. The molecule has 0 aliphatic heterocycles. The van der Waals surface area contributed by atoms with Crippen LogP contribution < -0.4 is 5.73 Å². The summed E-state index contributed by atoms with van der Waals surface area (Å²) in [6, 6.07) is 4.43. The summed E-state index contributed by atoms with van der Waals surface area (Å²) in [5.41, 5.74) is 5.78. The van der Waals surface area contributed by atoms with Crippen LogP contribution in [0.3, 0.4) is 0 Å². The SMILES string of the molecule is Nc1ccc(Cl)c(S(=O)O)c1. The number of nitrogens with two attached hydrogens (primary N) is 1. The lowest BCUT2D eigenvalue weighted by Crippen LogP contribution is -1.92. The first kappa shape index (κ1) is 8.52. The zero-order chi connectivity index (χ0) is 8.43. The van der Waals surface area contributed by atoms with E-state index in [-0.39, 0.29) is 9.92 Å². The molecule has 0 aliphatic carbocycles. The molecule has 0 fully saturated rings. The molecule has 5 heteroatoms. The standard InChI is InChI=1S/C6H6ClNO2S/c7-5-2-1-4(8)3-6(5)11(9)10/h1-3H,8H2,(H,9,10). The Morgan fingerprint density at radius 2 is 2.18 bits per heavy atom. The molecule has 1 unspecified atom stereocenters. The van der Waals surface area contributed by atoms with E-state index < -0.39 is 11.1 Å². The summed E-state index contributed by atoms with van der Waals surface area (Å²) in [6.07, 6.45) is 0. The van der Waals surface area contributed by atoms with Gasteiger partial charge >= 0.3 is 0 Å². The zero-order valence-electron chi connectivity index (χ0n) is 5.45. The maximum absolute atomic E-state index is 10.5. The van der Waals surface area contributed by atoms with E-state index in [0.717, 1.165) is 0 Å². The van der Waals surface area contributed by atoms with Gasteiger partial charge in [0.25, 0.3) is 0 Å². The van der Waals surface area contributed by atoms with Crippen LogP contribution in [-0.2, 0) is 11.1 Å². The van der Waals surface area contributed by atoms with E-state index in [1.54, 1.807) is 6.07 Å². The lowest BCUT2D eigenvalue weighted by atomic mass is 10.3. The average Bonchev–Trinajstić information content (AvgIpc) is 1.94. The number of nitrogen functional groups attached to an aromatic ring is 1. The number of hydrogen-bond donors (Lipinski definition) is 2. The highest BCUT2D eigenvalue weighted by molar-refractivity contribution is 7.79. The molecule has 3 N–H and O–H groups in total. The van der Waals surface area contributed by atoms with Crippen LogP contribution >= 0.6 is 11.6 Å². The van der Waals surface area contributed by atoms with Crippen molar-refractivity contribution in [3.05, 3.63) is 23.2 Å². The molecule has 0 aromatic heterocycles. The van der Waals surface area contributed by atoms with E-state index in [2.05, 4.69) is 0 Å². The molecule has 0 saturated carbocycles. The van der Waals surface area contributed by atoms with Crippen LogP contribution in [0, 0.1) is 0 Å². The molecule has 0 spiro atoms. The minimum Gasteiger partial charge on any atom is -0.399 e. The lowest BCUT2D eigenvalue weighted by Gasteiger charge is -1.99. The average molecular weight is 192 g/mol. The fraction of sp³-hybridized carbons (Fsp3) is 0. The van der Waals surface area contributed by atoms with Gasteiger partial charge in [-0.25, -0.2) is 4.21 Å². The highest BCUT2D eigenvalue weighted by Gasteiger charge is 2.05. The van der Waals surface area contributed by atoms with Gasteiger partial charge in [-0.15, -0.1) is 0 Å². The van der Waals surface area contributed by atoms with Crippen molar-refractivity contribution >= 4 is 28.4 Å². The van der Waals surface area contributed by atoms with Crippen molar-refractivity contribution in [3.63, 3.8) is 0 Å². The summed E-state index contributed by atoms with van der Waals surface area (Å²) < 4.78 is 19.2. The highest BCUT2D eigenvalue weighted by Crippen LogP contribution is 2.20. The molecule has 0 amide bonds. The van der Waals surface area contributed by atoms with Gasteiger partial charge in [-0.05, 0) is 18.2 Å². The van der Waals surface area contributed by atoms with Gasteiger partial charge < -0.3 is 10.3 Å². The molecule has 3 nitrogen and oxygen atoms in total. The van der Waals surface area contributed by atoms with Crippen LogP contribution in [-0.4, -0.2) is 8.76 Å². The fourth-order valence-electron chi connectivity index (χ4n) is 0.654. The lowest BCUT2D eigenvalue weighted by molar-refractivity contribution is 0.564. The number of rotatable bonds is 1. The fourth-order valence-corrected chi connectivity index (χ4v) is 1.44. The summed E-state index contributed by atoms with van der Waals surface area (Å²) in [7, 11) is 0. The van der Waals surface area contributed by atoms with Crippen LogP contribution in [0.15, 0.2) is 23.1 Å². The van der Waals surface area contributed by atoms with E-state index in [1.165, 1.54) is 12.1 Å². The predicted octanol–water partition coefficient (Wildman–Crippen LogP) is 1.50. The van der Waals surface area contributed by atoms with Gasteiger partial charge in [-0.2, -0.15) is 0 Å². The molecule has 1 aromatic carbocycles. The second-order valence-corrected chi connectivity index (χ2v) is 3.28. The van der Waals surface area contributed by atoms with Gasteiger partial charge in [0.15, 0.2) is 11.1 Å². The Morgan fingerprint density at radius 1 is 1.55 bits per heavy atom. The second-order valence-electron chi connectivity index (χ2n) is 1.94. The van der Waals surface area contributed by atoms with Crippen LogP contribution in [0.4, 0.5) is 5.69 Å². The van der Waals surface area contributed by atoms with Crippen molar-refractivity contribution in [2.24, 2.45) is 0 Å². The summed E-state index contributed by atoms with van der Waals surface area (Å²) >= 11 is 3.52. The zero-order valence-corrected chi connectivity index (χ0v) is 7.02. The van der Waals surface area contributed by atoms with Gasteiger partial charge in [0.1, 0.15) is 0 Å². The first-order valence-corrected chi connectivity index (χ1v) is 4.25. The third kappa shape index (κ3) is 1.92. The van der Waals surface area contributed by atoms with Crippen molar-refractivity contribution in [1.82, 2.24) is 0 Å². The molecule has 1 aromatic rings. The van der Waals surface area contributed by atoms with Crippen molar-refractivity contribution in [2.75, 3.05) is 5.73 Å². The van der Waals surface area contributed by atoms with E-state index in [1.807, 2.05) is 0 Å². The Morgan fingerprint density at radius 3 is 2.64 bits per heavy atom.